The molecule has 0 radical (unpaired) electrons. The molecule has 168 valence electrons. The zero-order valence-corrected chi connectivity index (χ0v) is 16.5. The van der Waals surface area contributed by atoms with E-state index in [9.17, 15) is 32.7 Å². The summed E-state index contributed by atoms with van der Waals surface area (Å²) in [5.74, 6) is -3.51. The highest BCUT2D eigenvalue weighted by molar-refractivity contribution is 6.19. The summed E-state index contributed by atoms with van der Waals surface area (Å²) >= 11 is 0. The maximum Gasteiger partial charge on any atom is 0.433 e. The molecule has 2 aliphatic rings. The smallest absolute Gasteiger partial charge is 0.433 e. The lowest BCUT2D eigenvalue weighted by molar-refractivity contribution is -0.143. The average molecular weight is 441 g/mol. The summed E-state index contributed by atoms with van der Waals surface area (Å²) in [6.45, 7) is -0.816. The van der Waals surface area contributed by atoms with Gasteiger partial charge in [-0.3, -0.25) is 19.4 Å². The van der Waals surface area contributed by atoms with Crippen LogP contribution in [0.4, 0.5) is 13.2 Å². The van der Waals surface area contributed by atoms with Crippen LogP contribution in [0.15, 0.2) is 29.7 Å². The third-order valence-corrected chi connectivity index (χ3v) is 5.68. The zero-order chi connectivity index (χ0) is 22.8. The number of carbonyl (C=O) groups excluding carboxylic acids is 2. The topological polar surface area (TPSA) is 120 Å². The molecule has 11 heteroatoms. The van der Waals surface area contributed by atoms with Crippen LogP contribution in [-0.4, -0.2) is 50.0 Å². The molecule has 3 rings (SSSR count). The second-order valence-corrected chi connectivity index (χ2v) is 7.80. The largest absolute Gasteiger partial charge is 0.511 e. The number of halogens is 3. The van der Waals surface area contributed by atoms with Gasteiger partial charge in [-0.05, 0) is 24.5 Å². The van der Waals surface area contributed by atoms with Crippen molar-refractivity contribution in [2.75, 3.05) is 6.54 Å². The number of hydrogen-bond acceptors (Lipinski definition) is 5. The minimum Gasteiger partial charge on any atom is -0.511 e. The van der Waals surface area contributed by atoms with Gasteiger partial charge in [-0.25, -0.2) is 0 Å². The number of aliphatic carboxylic acids is 1. The summed E-state index contributed by atoms with van der Waals surface area (Å²) in [4.78, 5) is 41.1. The number of amides is 2. The van der Waals surface area contributed by atoms with Crippen LogP contribution in [0, 0.1) is 0 Å². The predicted molar refractivity (Wildman–Crippen MR) is 101 cm³/mol. The lowest BCUT2D eigenvalue weighted by atomic mass is 9.74. The minimum absolute atomic E-state index is 0.0165. The minimum atomic E-state index is -4.59. The van der Waals surface area contributed by atoms with Crippen LogP contribution < -0.4 is 5.32 Å². The van der Waals surface area contributed by atoms with Gasteiger partial charge in [-0.2, -0.15) is 13.2 Å². The van der Waals surface area contributed by atoms with Crippen LogP contribution in [0.1, 0.15) is 49.8 Å². The van der Waals surface area contributed by atoms with Crippen molar-refractivity contribution in [3.8, 4) is 0 Å². The normalized spacial score (nSPS) is 18.9. The molecule has 2 amide bonds. The quantitative estimate of drug-likeness (QED) is 0.604. The fourth-order valence-electron chi connectivity index (χ4n) is 4.21. The molecule has 1 saturated carbocycles. The average Bonchev–Trinajstić information content (AvgIpc) is 2.70. The molecule has 31 heavy (non-hydrogen) atoms. The second kappa shape index (κ2) is 8.56. The molecule has 1 spiro atoms. The third-order valence-electron chi connectivity index (χ3n) is 5.68. The summed E-state index contributed by atoms with van der Waals surface area (Å²) in [5.41, 5.74) is -2.02. The molecular weight excluding hydrogens is 419 g/mol. The molecule has 8 nitrogen and oxygen atoms in total. The number of aliphatic hydroxyl groups excluding tert-OH is 1. The molecule has 2 heterocycles. The molecule has 3 N–H and O–H groups in total. The first-order valence-corrected chi connectivity index (χ1v) is 9.80. The van der Waals surface area contributed by atoms with Gasteiger partial charge in [0.2, 0.25) is 0 Å². The number of nitrogens with zero attached hydrogens (tertiary/aromatic N) is 2. The van der Waals surface area contributed by atoms with Gasteiger partial charge < -0.3 is 20.4 Å². The molecule has 0 saturated heterocycles. The van der Waals surface area contributed by atoms with E-state index < -0.39 is 53.1 Å². The highest BCUT2D eigenvalue weighted by atomic mass is 19.4. The monoisotopic (exact) mass is 441 g/mol. The number of carboxylic acid groups (broad SMARTS) is 1. The molecule has 0 atom stereocenters. The van der Waals surface area contributed by atoms with E-state index in [-0.39, 0.29) is 13.0 Å². The number of carbonyl (C=O) groups is 3. The number of aliphatic hydroxyl groups is 1. The Morgan fingerprint density at radius 2 is 1.87 bits per heavy atom. The number of rotatable bonds is 5. The van der Waals surface area contributed by atoms with Gasteiger partial charge in [-0.15, -0.1) is 0 Å². The number of nitrogens with one attached hydrogen (secondary N) is 1. The number of pyridine rings is 1. The van der Waals surface area contributed by atoms with E-state index in [1.807, 2.05) is 0 Å². The first-order valence-electron chi connectivity index (χ1n) is 9.80. The molecule has 0 unspecified atom stereocenters. The van der Waals surface area contributed by atoms with Crippen molar-refractivity contribution >= 4 is 17.8 Å². The van der Waals surface area contributed by atoms with E-state index in [1.54, 1.807) is 0 Å². The highest BCUT2D eigenvalue weighted by Crippen LogP contribution is 2.43. The second-order valence-electron chi connectivity index (χ2n) is 7.80. The summed E-state index contributed by atoms with van der Waals surface area (Å²) in [6.07, 6.45) is 0.140. The summed E-state index contributed by atoms with van der Waals surface area (Å²) in [5, 5.41) is 21.3. The number of hydrogen-bond donors (Lipinski definition) is 3. The number of aromatic nitrogens is 1. The van der Waals surface area contributed by atoms with Crippen molar-refractivity contribution in [3.63, 3.8) is 0 Å². The molecule has 1 aliphatic heterocycles. The predicted octanol–water partition coefficient (Wildman–Crippen LogP) is 2.55. The van der Waals surface area contributed by atoms with Crippen molar-refractivity contribution in [2.45, 2.75) is 56.8 Å². The van der Waals surface area contributed by atoms with Gasteiger partial charge in [0.15, 0.2) is 0 Å². The van der Waals surface area contributed by atoms with Crippen LogP contribution in [0.2, 0.25) is 0 Å². The fraction of sp³-hybridized carbons (Fsp3) is 0.500. The Labute approximate surface area is 175 Å². The first-order chi connectivity index (χ1) is 14.5. The van der Waals surface area contributed by atoms with E-state index in [2.05, 4.69) is 10.3 Å². The zero-order valence-electron chi connectivity index (χ0n) is 16.5. The summed E-state index contributed by atoms with van der Waals surface area (Å²) in [7, 11) is 0. The maximum absolute atomic E-state index is 13.2. The van der Waals surface area contributed by atoms with Gasteiger partial charge in [-0.1, -0.05) is 25.3 Å². The Hall–Kier alpha value is -3.11. The standard InChI is InChI=1S/C20H22F3N3O5/c21-20(22,23)14-5-4-12(9-24-14)11-26-18(31)16(17(30)25-10-15(28)29)13(27)8-19(26)6-2-1-3-7-19/h4-5,9,27H,1-3,6-8,10-11H2,(H,25,30)(H,28,29). The van der Waals surface area contributed by atoms with Gasteiger partial charge in [0.05, 0.1) is 5.54 Å². The Morgan fingerprint density at radius 3 is 2.42 bits per heavy atom. The maximum atomic E-state index is 13.2. The van der Waals surface area contributed by atoms with Gasteiger partial charge in [0.1, 0.15) is 23.6 Å². The first kappa shape index (κ1) is 22.6. The van der Waals surface area contributed by atoms with Crippen molar-refractivity contribution in [2.24, 2.45) is 0 Å². The fourth-order valence-corrected chi connectivity index (χ4v) is 4.21. The Bertz CT molecular complexity index is 906. The lowest BCUT2D eigenvalue weighted by Crippen LogP contribution is -2.57. The van der Waals surface area contributed by atoms with Gasteiger partial charge in [0.25, 0.3) is 11.8 Å². The Kier molecular flexibility index (Phi) is 6.23. The van der Waals surface area contributed by atoms with Crippen molar-refractivity contribution in [1.29, 1.82) is 0 Å². The van der Waals surface area contributed by atoms with E-state index in [0.29, 0.717) is 18.4 Å². The number of alkyl halides is 3. The van der Waals surface area contributed by atoms with Crippen molar-refractivity contribution in [1.82, 2.24) is 15.2 Å². The van der Waals surface area contributed by atoms with Crippen LogP contribution in [0.3, 0.4) is 0 Å². The number of carboxylic acids is 1. The van der Waals surface area contributed by atoms with E-state index in [0.717, 1.165) is 31.5 Å². The third kappa shape index (κ3) is 4.80. The molecule has 1 aromatic heterocycles. The van der Waals surface area contributed by atoms with Crippen molar-refractivity contribution < 1.29 is 37.8 Å². The van der Waals surface area contributed by atoms with Gasteiger partial charge in [0, 0.05) is 19.2 Å². The van der Waals surface area contributed by atoms with Crippen molar-refractivity contribution in [3.05, 3.63) is 40.9 Å². The molecule has 0 aromatic carbocycles. The summed E-state index contributed by atoms with van der Waals surface area (Å²) < 4.78 is 38.4. The Balaban J connectivity index is 1.92. The van der Waals surface area contributed by atoms with E-state index in [1.165, 1.54) is 11.0 Å². The molecule has 1 fully saturated rings. The van der Waals surface area contributed by atoms with Gasteiger partial charge >= 0.3 is 12.1 Å². The summed E-state index contributed by atoms with van der Waals surface area (Å²) in [6, 6.07) is 2.05. The van der Waals surface area contributed by atoms with Crippen LogP contribution in [0.5, 0.6) is 0 Å². The van der Waals surface area contributed by atoms with Crippen LogP contribution >= 0.6 is 0 Å². The molecule has 0 bridgehead atoms. The van der Waals surface area contributed by atoms with Crippen LogP contribution in [0.25, 0.3) is 0 Å². The Morgan fingerprint density at radius 1 is 1.19 bits per heavy atom. The highest BCUT2D eigenvalue weighted by Gasteiger charge is 2.48. The molecule has 1 aromatic rings. The van der Waals surface area contributed by atoms with Crippen LogP contribution in [-0.2, 0) is 27.1 Å². The molecular formula is C20H22F3N3O5. The lowest BCUT2D eigenvalue weighted by Gasteiger charge is -2.49. The molecule has 1 aliphatic carbocycles. The van der Waals surface area contributed by atoms with E-state index in [4.69, 9.17) is 5.11 Å². The van der Waals surface area contributed by atoms with E-state index >= 15 is 0 Å². The SMILES string of the molecule is O=C(O)CNC(=O)C1=C(O)CC2(CCCCC2)N(Cc2ccc(C(F)(F)F)nc2)C1=O.